The number of aromatic nitrogens is 2. The molecule has 2 N–H and O–H groups in total. The van der Waals surface area contributed by atoms with Gasteiger partial charge in [0.25, 0.3) is 0 Å². The molecule has 22 heavy (non-hydrogen) atoms. The lowest BCUT2D eigenvalue weighted by Crippen LogP contribution is -2.24. The summed E-state index contributed by atoms with van der Waals surface area (Å²) in [7, 11) is 0. The van der Waals surface area contributed by atoms with Gasteiger partial charge in [-0.2, -0.15) is 0 Å². The number of anilines is 1. The number of nitrogens with zero attached hydrogens (tertiary/aromatic N) is 2. The summed E-state index contributed by atoms with van der Waals surface area (Å²) >= 11 is 0. The Bertz CT molecular complexity index is 664. The lowest BCUT2D eigenvalue weighted by Gasteiger charge is -2.18. The fourth-order valence-corrected chi connectivity index (χ4v) is 2.54. The molecular weight excluding hydrogens is 274 g/mol. The first-order valence-corrected chi connectivity index (χ1v) is 7.76. The third-order valence-electron chi connectivity index (χ3n) is 3.94. The molecule has 1 aromatic heterocycles. The van der Waals surface area contributed by atoms with E-state index in [1.54, 1.807) is 0 Å². The van der Waals surface area contributed by atoms with Crippen LogP contribution in [0.15, 0.2) is 18.2 Å². The number of aliphatic hydroxyl groups is 1. The molecule has 2 rings (SSSR count). The highest BCUT2D eigenvalue weighted by Gasteiger charge is 2.14. The lowest BCUT2D eigenvalue weighted by molar-refractivity contribution is 0.271. The Balaban J connectivity index is 2.41. The summed E-state index contributed by atoms with van der Waals surface area (Å²) in [6.45, 7) is 10.2. The highest BCUT2D eigenvalue weighted by molar-refractivity contribution is 5.67. The Morgan fingerprint density at radius 2 is 1.82 bits per heavy atom. The minimum atomic E-state index is 0.0133. The fourth-order valence-electron chi connectivity index (χ4n) is 2.54. The SMILES string of the molecule is CCC(CO)Nc1nc(C)c(-c2ccc(C)cc2C)nc1C. The van der Waals surface area contributed by atoms with Crippen LogP contribution in [0, 0.1) is 27.7 Å². The maximum Gasteiger partial charge on any atom is 0.148 e. The number of aliphatic hydroxyl groups excluding tert-OH is 1. The average molecular weight is 299 g/mol. The van der Waals surface area contributed by atoms with Crippen molar-refractivity contribution >= 4 is 5.82 Å². The second-order valence-corrected chi connectivity index (χ2v) is 5.84. The van der Waals surface area contributed by atoms with Crippen molar-refractivity contribution in [3.05, 3.63) is 40.7 Å². The lowest BCUT2D eigenvalue weighted by atomic mass is 10.0. The summed E-state index contributed by atoms with van der Waals surface area (Å²) < 4.78 is 0. The van der Waals surface area contributed by atoms with E-state index in [9.17, 15) is 5.11 Å². The Kier molecular flexibility index (Phi) is 5.14. The Labute approximate surface area is 132 Å². The molecule has 2 aromatic rings. The molecule has 4 nitrogen and oxygen atoms in total. The highest BCUT2D eigenvalue weighted by atomic mass is 16.3. The van der Waals surface area contributed by atoms with Crippen LogP contribution < -0.4 is 5.32 Å². The van der Waals surface area contributed by atoms with Crippen LogP contribution in [-0.4, -0.2) is 27.7 Å². The summed E-state index contributed by atoms with van der Waals surface area (Å²) in [5.74, 6) is 0.756. The normalized spacial score (nSPS) is 12.3. The zero-order valence-corrected chi connectivity index (χ0v) is 14.1. The smallest absolute Gasteiger partial charge is 0.148 e. The zero-order chi connectivity index (χ0) is 16.3. The van der Waals surface area contributed by atoms with Crippen LogP contribution in [-0.2, 0) is 0 Å². The maximum atomic E-state index is 9.33. The van der Waals surface area contributed by atoms with Crippen molar-refractivity contribution in [3.8, 4) is 11.3 Å². The van der Waals surface area contributed by atoms with Gasteiger partial charge in [0.15, 0.2) is 0 Å². The quantitative estimate of drug-likeness (QED) is 0.886. The van der Waals surface area contributed by atoms with Crippen LogP contribution in [0.4, 0.5) is 5.82 Å². The molecule has 1 heterocycles. The van der Waals surface area contributed by atoms with E-state index in [2.05, 4.69) is 42.3 Å². The third kappa shape index (κ3) is 3.45. The summed E-state index contributed by atoms with van der Waals surface area (Å²) in [5.41, 5.74) is 6.26. The van der Waals surface area contributed by atoms with Gasteiger partial charge in [-0.25, -0.2) is 9.97 Å². The van der Waals surface area contributed by atoms with Crippen molar-refractivity contribution in [2.75, 3.05) is 11.9 Å². The number of hydrogen-bond donors (Lipinski definition) is 2. The van der Waals surface area contributed by atoms with Gasteiger partial charge in [-0.3, -0.25) is 0 Å². The van der Waals surface area contributed by atoms with Crippen LogP contribution in [0.1, 0.15) is 35.9 Å². The van der Waals surface area contributed by atoms with Crippen molar-refractivity contribution in [1.29, 1.82) is 0 Å². The average Bonchev–Trinajstić information content (AvgIpc) is 2.48. The molecule has 118 valence electrons. The van der Waals surface area contributed by atoms with E-state index >= 15 is 0 Å². The predicted molar refractivity (Wildman–Crippen MR) is 91.2 cm³/mol. The molecule has 0 fully saturated rings. The van der Waals surface area contributed by atoms with Crippen LogP contribution in [0.25, 0.3) is 11.3 Å². The van der Waals surface area contributed by atoms with Gasteiger partial charge in [-0.05, 0) is 39.7 Å². The van der Waals surface area contributed by atoms with Crippen LogP contribution in [0.5, 0.6) is 0 Å². The van der Waals surface area contributed by atoms with Gasteiger partial charge in [-0.1, -0.05) is 30.7 Å². The summed E-state index contributed by atoms with van der Waals surface area (Å²) in [6, 6.07) is 6.39. The van der Waals surface area contributed by atoms with E-state index in [1.807, 2.05) is 20.8 Å². The van der Waals surface area contributed by atoms with E-state index in [4.69, 9.17) is 4.98 Å². The van der Waals surface area contributed by atoms with E-state index in [0.717, 1.165) is 34.9 Å². The minimum absolute atomic E-state index is 0.0133. The number of nitrogens with one attached hydrogen (secondary N) is 1. The minimum Gasteiger partial charge on any atom is -0.394 e. The number of hydrogen-bond acceptors (Lipinski definition) is 4. The highest BCUT2D eigenvalue weighted by Crippen LogP contribution is 2.27. The van der Waals surface area contributed by atoms with Gasteiger partial charge in [-0.15, -0.1) is 0 Å². The van der Waals surface area contributed by atoms with Crippen molar-refractivity contribution in [2.24, 2.45) is 0 Å². The monoisotopic (exact) mass is 299 g/mol. The van der Waals surface area contributed by atoms with E-state index in [1.165, 1.54) is 11.1 Å². The molecule has 0 saturated heterocycles. The van der Waals surface area contributed by atoms with Gasteiger partial charge >= 0.3 is 0 Å². The molecule has 0 radical (unpaired) electrons. The molecule has 1 unspecified atom stereocenters. The van der Waals surface area contributed by atoms with E-state index < -0.39 is 0 Å². The van der Waals surface area contributed by atoms with Gasteiger partial charge in [0, 0.05) is 5.56 Å². The third-order valence-corrected chi connectivity index (χ3v) is 3.94. The first kappa shape index (κ1) is 16.4. The topological polar surface area (TPSA) is 58.0 Å². The number of rotatable bonds is 5. The van der Waals surface area contributed by atoms with Gasteiger partial charge in [0.1, 0.15) is 5.82 Å². The van der Waals surface area contributed by atoms with Crippen LogP contribution in [0.3, 0.4) is 0 Å². The largest absolute Gasteiger partial charge is 0.394 e. The van der Waals surface area contributed by atoms with Crippen molar-refractivity contribution in [1.82, 2.24) is 9.97 Å². The molecule has 1 aromatic carbocycles. The molecule has 0 amide bonds. The summed E-state index contributed by atoms with van der Waals surface area (Å²) in [4.78, 5) is 9.41. The molecule has 0 aliphatic rings. The Morgan fingerprint density at radius 3 is 2.41 bits per heavy atom. The second-order valence-electron chi connectivity index (χ2n) is 5.84. The first-order valence-electron chi connectivity index (χ1n) is 7.76. The maximum absolute atomic E-state index is 9.33. The molecule has 0 aliphatic carbocycles. The Hall–Kier alpha value is -1.94. The zero-order valence-electron chi connectivity index (χ0n) is 14.1. The van der Waals surface area contributed by atoms with Gasteiger partial charge in [0.2, 0.25) is 0 Å². The van der Waals surface area contributed by atoms with Crippen molar-refractivity contribution in [3.63, 3.8) is 0 Å². The fraction of sp³-hybridized carbons (Fsp3) is 0.444. The van der Waals surface area contributed by atoms with Crippen molar-refractivity contribution < 1.29 is 5.11 Å². The van der Waals surface area contributed by atoms with Crippen LogP contribution in [0.2, 0.25) is 0 Å². The predicted octanol–water partition coefficient (Wildman–Crippen LogP) is 3.56. The summed E-state index contributed by atoms with van der Waals surface area (Å²) in [5, 5.41) is 12.6. The molecule has 0 bridgehead atoms. The van der Waals surface area contributed by atoms with E-state index in [-0.39, 0.29) is 12.6 Å². The molecule has 0 aliphatic heterocycles. The number of benzene rings is 1. The van der Waals surface area contributed by atoms with Crippen LogP contribution >= 0.6 is 0 Å². The molecule has 4 heteroatoms. The van der Waals surface area contributed by atoms with Crippen molar-refractivity contribution in [2.45, 2.75) is 47.1 Å². The molecule has 0 spiro atoms. The van der Waals surface area contributed by atoms with Gasteiger partial charge < -0.3 is 10.4 Å². The standard InChI is InChI=1S/C18H25N3O/c1-6-15(10-22)21-18-14(5)19-17(13(4)20-18)16-8-7-11(2)9-12(16)3/h7-9,15,22H,6,10H2,1-5H3,(H,20,21). The molecular formula is C18H25N3O. The molecule has 1 atom stereocenters. The summed E-state index contributed by atoms with van der Waals surface area (Å²) in [6.07, 6.45) is 0.843. The van der Waals surface area contributed by atoms with E-state index in [0.29, 0.717) is 0 Å². The van der Waals surface area contributed by atoms with Gasteiger partial charge in [0.05, 0.1) is 29.7 Å². The molecule has 0 saturated carbocycles. The number of aryl methyl sites for hydroxylation is 4. The Morgan fingerprint density at radius 1 is 1.09 bits per heavy atom. The first-order chi connectivity index (χ1) is 10.5. The second kappa shape index (κ2) is 6.88.